The van der Waals surface area contributed by atoms with Crippen LogP contribution in [-0.4, -0.2) is 55.4 Å². The van der Waals surface area contributed by atoms with E-state index in [4.69, 9.17) is 4.42 Å². The molecule has 0 aromatic carbocycles. The van der Waals surface area contributed by atoms with Crippen LogP contribution < -0.4 is 16.0 Å². The van der Waals surface area contributed by atoms with Crippen LogP contribution in [0.2, 0.25) is 0 Å². The van der Waals surface area contributed by atoms with Gasteiger partial charge in [-0.15, -0.1) is 0 Å². The van der Waals surface area contributed by atoms with Gasteiger partial charge in [0.2, 0.25) is 11.8 Å². The minimum Gasteiger partial charge on any atom is -0.467 e. The van der Waals surface area contributed by atoms with Gasteiger partial charge in [0.15, 0.2) is 5.96 Å². The summed E-state index contributed by atoms with van der Waals surface area (Å²) in [4.78, 5) is 29.5. The van der Waals surface area contributed by atoms with Gasteiger partial charge in [-0.3, -0.25) is 14.6 Å². The van der Waals surface area contributed by atoms with Crippen molar-refractivity contribution in [1.29, 1.82) is 0 Å². The Labute approximate surface area is 141 Å². The first kappa shape index (κ1) is 17.8. The van der Waals surface area contributed by atoms with Gasteiger partial charge in [-0.25, -0.2) is 0 Å². The first-order valence-electron chi connectivity index (χ1n) is 8.16. The molecule has 8 nitrogen and oxygen atoms in total. The molecular weight excluding hydrogens is 310 g/mol. The summed E-state index contributed by atoms with van der Waals surface area (Å²) in [6.45, 7) is 3.76. The van der Waals surface area contributed by atoms with Crippen LogP contribution in [0.1, 0.15) is 25.5 Å². The highest BCUT2D eigenvalue weighted by molar-refractivity contribution is 5.86. The van der Waals surface area contributed by atoms with Crippen LogP contribution in [0.4, 0.5) is 0 Å². The fraction of sp³-hybridized carbons (Fsp3) is 0.562. The highest BCUT2D eigenvalue weighted by Crippen LogP contribution is 2.10. The molecule has 2 amide bonds. The monoisotopic (exact) mass is 335 g/mol. The quantitative estimate of drug-likeness (QED) is 0.505. The van der Waals surface area contributed by atoms with Crippen LogP contribution in [-0.2, 0) is 16.1 Å². The summed E-state index contributed by atoms with van der Waals surface area (Å²) < 4.78 is 5.15. The second-order valence-electron chi connectivity index (χ2n) is 5.61. The fourth-order valence-corrected chi connectivity index (χ4v) is 2.54. The molecule has 1 aromatic rings. The standard InChI is InChI=1S/C16H25N5O3/c1-3-15(23)21-7-6-12(11-21)20-16(17-2)19-10-14(22)18-9-13-5-4-8-24-13/h4-5,8,12H,3,6-7,9-11H2,1-2H3,(H,18,22)(H2,17,19,20). The number of furan rings is 1. The Morgan fingerprint density at radius 2 is 2.25 bits per heavy atom. The predicted octanol–water partition coefficient (Wildman–Crippen LogP) is 0.0717. The predicted molar refractivity (Wildman–Crippen MR) is 90.3 cm³/mol. The molecule has 1 atom stereocenters. The fourth-order valence-electron chi connectivity index (χ4n) is 2.54. The third kappa shape index (κ3) is 5.29. The number of rotatable bonds is 6. The van der Waals surface area contributed by atoms with E-state index in [1.54, 1.807) is 25.4 Å². The van der Waals surface area contributed by atoms with Crippen LogP contribution in [0.25, 0.3) is 0 Å². The summed E-state index contributed by atoms with van der Waals surface area (Å²) in [5.74, 6) is 1.28. The van der Waals surface area contributed by atoms with Crippen molar-refractivity contribution < 1.29 is 14.0 Å². The number of aliphatic imine (C=N–C) groups is 1. The van der Waals surface area contributed by atoms with Crippen LogP contribution >= 0.6 is 0 Å². The molecule has 0 bridgehead atoms. The van der Waals surface area contributed by atoms with E-state index in [1.807, 2.05) is 11.8 Å². The SMILES string of the molecule is CCC(=O)N1CCC(NC(=NC)NCC(=O)NCc2ccco2)C1. The molecular formula is C16H25N5O3. The van der Waals surface area contributed by atoms with Crippen LogP contribution in [0, 0.1) is 0 Å². The largest absolute Gasteiger partial charge is 0.467 e. The second-order valence-corrected chi connectivity index (χ2v) is 5.61. The van der Waals surface area contributed by atoms with Crippen molar-refractivity contribution >= 4 is 17.8 Å². The van der Waals surface area contributed by atoms with E-state index in [0.717, 1.165) is 13.0 Å². The Balaban J connectivity index is 1.69. The molecule has 8 heteroatoms. The molecule has 3 N–H and O–H groups in total. The van der Waals surface area contributed by atoms with E-state index >= 15 is 0 Å². The average Bonchev–Trinajstić information content (AvgIpc) is 3.27. The van der Waals surface area contributed by atoms with E-state index in [2.05, 4.69) is 20.9 Å². The lowest BCUT2D eigenvalue weighted by Gasteiger charge is -2.18. The van der Waals surface area contributed by atoms with Gasteiger partial charge in [0.05, 0.1) is 19.4 Å². The van der Waals surface area contributed by atoms with E-state index in [1.165, 1.54) is 0 Å². The molecule has 2 heterocycles. The number of carbonyl (C=O) groups is 2. The highest BCUT2D eigenvalue weighted by Gasteiger charge is 2.25. The molecule has 2 rings (SSSR count). The number of nitrogens with one attached hydrogen (secondary N) is 3. The van der Waals surface area contributed by atoms with Crippen molar-refractivity contribution in [2.24, 2.45) is 4.99 Å². The summed E-state index contributed by atoms with van der Waals surface area (Å²) >= 11 is 0. The van der Waals surface area contributed by atoms with Crippen molar-refractivity contribution in [3.8, 4) is 0 Å². The Hall–Kier alpha value is -2.51. The molecule has 1 aromatic heterocycles. The van der Waals surface area contributed by atoms with Crippen molar-refractivity contribution in [2.45, 2.75) is 32.4 Å². The summed E-state index contributed by atoms with van der Waals surface area (Å²) in [6, 6.07) is 3.73. The number of nitrogens with zero attached hydrogens (tertiary/aromatic N) is 2. The molecule has 0 aliphatic carbocycles. The van der Waals surface area contributed by atoms with Gasteiger partial charge < -0.3 is 25.3 Å². The molecule has 132 valence electrons. The summed E-state index contributed by atoms with van der Waals surface area (Å²) in [5, 5.41) is 8.98. The molecule has 0 saturated carbocycles. The third-order valence-electron chi connectivity index (χ3n) is 3.86. The van der Waals surface area contributed by atoms with Crippen LogP contribution in [0.15, 0.2) is 27.8 Å². The number of amides is 2. The van der Waals surface area contributed by atoms with Gasteiger partial charge >= 0.3 is 0 Å². The van der Waals surface area contributed by atoms with Gasteiger partial charge in [-0.05, 0) is 18.6 Å². The minimum absolute atomic E-state index is 0.116. The van der Waals surface area contributed by atoms with Crippen molar-refractivity contribution in [2.75, 3.05) is 26.7 Å². The molecule has 0 spiro atoms. The number of guanidine groups is 1. The van der Waals surface area contributed by atoms with Gasteiger partial charge in [0.25, 0.3) is 0 Å². The molecule has 1 saturated heterocycles. The number of carbonyl (C=O) groups excluding carboxylic acids is 2. The maximum Gasteiger partial charge on any atom is 0.239 e. The Kier molecular flexibility index (Phi) is 6.65. The van der Waals surface area contributed by atoms with Crippen molar-refractivity contribution in [3.05, 3.63) is 24.2 Å². The lowest BCUT2D eigenvalue weighted by atomic mass is 10.3. The number of hydrogen-bond donors (Lipinski definition) is 3. The molecule has 1 fully saturated rings. The maximum absolute atomic E-state index is 11.8. The molecule has 24 heavy (non-hydrogen) atoms. The lowest BCUT2D eigenvalue weighted by Crippen LogP contribution is -2.47. The van der Waals surface area contributed by atoms with Crippen LogP contribution in [0.3, 0.4) is 0 Å². The summed E-state index contributed by atoms with van der Waals surface area (Å²) in [7, 11) is 1.65. The van der Waals surface area contributed by atoms with E-state index in [9.17, 15) is 9.59 Å². The van der Waals surface area contributed by atoms with E-state index < -0.39 is 0 Å². The average molecular weight is 335 g/mol. The zero-order valence-electron chi connectivity index (χ0n) is 14.2. The zero-order chi connectivity index (χ0) is 17.4. The summed E-state index contributed by atoms with van der Waals surface area (Å²) in [6.07, 6.45) is 2.96. The van der Waals surface area contributed by atoms with Gasteiger partial charge in [-0.2, -0.15) is 0 Å². The molecule has 1 aliphatic heterocycles. The highest BCUT2D eigenvalue weighted by atomic mass is 16.3. The lowest BCUT2D eigenvalue weighted by molar-refractivity contribution is -0.129. The number of likely N-dealkylation sites (tertiary alicyclic amines) is 1. The first-order chi connectivity index (χ1) is 11.6. The summed E-state index contributed by atoms with van der Waals surface area (Å²) in [5.41, 5.74) is 0. The van der Waals surface area contributed by atoms with Gasteiger partial charge in [0, 0.05) is 32.6 Å². The third-order valence-corrected chi connectivity index (χ3v) is 3.86. The maximum atomic E-state index is 11.8. The molecule has 0 radical (unpaired) electrons. The normalized spacial score (nSPS) is 17.7. The smallest absolute Gasteiger partial charge is 0.239 e. The Morgan fingerprint density at radius 1 is 1.42 bits per heavy atom. The van der Waals surface area contributed by atoms with Gasteiger partial charge in [0.1, 0.15) is 5.76 Å². The number of hydrogen-bond acceptors (Lipinski definition) is 4. The van der Waals surface area contributed by atoms with Gasteiger partial charge in [-0.1, -0.05) is 6.92 Å². The molecule has 1 aliphatic rings. The topological polar surface area (TPSA) is 99.0 Å². The Bertz CT molecular complexity index is 570. The van der Waals surface area contributed by atoms with Crippen molar-refractivity contribution in [3.63, 3.8) is 0 Å². The van der Waals surface area contributed by atoms with Crippen LogP contribution in [0.5, 0.6) is 0 Å². The zero-order valence-corrected chi connectivity index (χ0v) is 14.2. The second kappa shape index (κ2) is 8.95. The first-order valence-corrected chi connectivity index (χ1v) is 8.16. The Morgan fingerprint density at radius 3 is 2.92 bits per heavy atom. The van der Waals surface area contributed by atoms with E-state index in [0.29, 0.717) is 31.2 Å². The van der Waals surface area contributed by atoms with E-state index in [-0.39, 0.29) is 24.4 Å². The minimum atomic E-state index is -0.149. The molecule has 1 unspecified atom stereocenters. The van der Waals surface area contributed by atoms with Crippen molar-refractivity contribution in [1.82, 2.24) is 20.9 Å².